The van der Waals surface area contributed by atoms with Crippen molar-refractivity contribution >= 4 is 39.8 Å². The molecular weight excluding hydrogens is 561 g/mol. The standard InChI is InChI=1S/C42H34BNO2/c1-5-9-18-30(7-3)44(31-19-11-10-12-20-31)37-26-25-32(33-21-13-14-22-34(33)37)29-27-40-42-41(28-29)46-39-24-16-15-23-36(39)43(42)35(17-6-2)38(8-4)45-40/h5-28H,1,4H2,2-3H3/b17-6-,18-9-,30-7+. The number of anilines is 2. The third-order valence-electron chi connectivity index (χ3n) is 8.61. The molecule has 0 unspecified atom stereocenters. The zero-order valence-electron chi connectivity index (χ0n) is 26.1. The lowest BCUT2D eigenvalue weighted by Crippen LogP contribution is -2.50. The van der Waals surface area contributed by atoms with E-state index in [1.54, 1.807) is 6.08 Å². The minimum absolute atomic E-state index is 0.0108. The molecule has 0 aliphatic carbocycles. The number of fused-ring (bicyclic) bond motifs is 3. The summed E-state index contributed by atoms with van der Waals surface area (Å²) in [7, 11) is 0. The first-order valence-electron chi connectivity index (χ1n) is 15.6. The minimum atomic E-state index is -0.0108. The molecular formula is C42H34BNO2. The van der Waals surface area contributed by atoms with E-state index in [2.05, 4.69) is 134 Å². The van der Waals surface area contributed by atoms with Crippen molar-refractivity contribution in [1.82, 2.24) is 0 Å². The maximum absolute atomic E-state index is 6.61. The molecule has 0 atom stereocenters. The van der Waals surface area contributed by atoms with Crippen molar-refractivity contribution in [2.75, 3.05) is 4.90 Å². The Balaban J connectivity index is 1.43. The maximum atomic E-state index is 6.61. The van der Waals surface area contributed by atoms with Crippen LogP contribution >= 0.6 is 0 Å². The van der Waals surface area contributed by atoms with E-state index in [1.165, 1.54) is 0 Å². The first-order chi connectivity index (χ1) is 22.7. The predicted molar refractivity (Wildman–Crippen MR) is 195 cm³/mol. The first-order valence-corrected chi connectivity index (χ1v) is 15.6. The van der Waals surface area contributed by atoms with Crippen molar-refractivity contribution in [3.8, 4) is 28.4 Å². The first kappa shape index (κ1) is 29.0. The summed E-state index contributed by atoms with van der Waals surface area (Å²) < 4.78 is 13.2. The van der Waals surface area contributed by atoms with Crippen molar-refractivity contribution in [2.24, 2.45) is 0 Å². The largest absolute Gasteiger partial charge is 0.458 e. The van der Waals surface area contributed by atoms with Gasteiger partial charge in [0.25, 0.3) is 6.71 Å². The number of allylic oxidation sites excluding steroid dienone is 8. The summed E-state index contributed by atoms with van der Waals surface area (Å²) in [6.07, 6.45) is 14.0. The second-order valence-electron chi connectivity index (χ2n) is 11.2. The van der Waals surface area contributed by atoms with Crippen LogP contribution in [0.4, 0.5) is 11.4 Å². The molecule has 0 spiro atoms. The Bertz CT molecular complexity index is 2120. The summed E-state index contributed by atoms with van der Waals surface area (Å²) in [4.78, 5) is 2.29. The smallest absolute Gasteiger partial charge is 0.260 e. The SMILES string of the molecule is C=C/C=C\C(=C/C)N(c1ccccc1)c1ccc(-c2cc3c4c(c2)Oc2ccccc2B4C(/C=C\C)=C(C=C)O3)c2ccccc12. The third kappa shape index (κ3) is 4.89. The van der Waals surface area contributed by atoms with E-state index in [-0.39, 0.29) is 6.71 Å². The molecule has 4 heteroatoms. The Kier molecular flexibility index (Phi) is 7.78. The van der Waals surface area contributed by atoms with Crippen LogP contribution in [0.15, 0.2) is 176 Å². The molecule has 0 N–H and O–H groups in total. The molecule has 0 fully saturated rings. The quantitative estimate of drug-likeness (QED) is 0.132. The van der Waals surface area contributed by atoms with Gasteiger partial charge in [0.2, 0.25) is 0 Å². The molecule has 0 saturated carbocycles. The van der Waals surface area contributed by atoms with Crippen LogP contribution in [0.1, 0.15) is 13.8 Å². The fourth-order valence-electron chi connectivity index (χ4n) is 6.66. The van der Waals surface area contributed by atoms with Gasteiger partial charge in [-0.2, -0.15) is 0 Å². The van der Waals surface area contributed by atoms with Gasteiger partial charge in [-0.05, 0) is 89.8 Å². The summed E-state index contributed by atoms with van der Waals surface area (Å²) in [5.74, 6) is 3.23. The molecule has 0 bridgehead atoms. The lowest BCUT2D eigenvalue weighted by atomic mass is 9.34. The van der Waals surface area contributed by atoms with Crippen LogP contribution in [-0.4, -0.2) is 6.71 Å². The van der Waals surface area contributed by atoms with E-state index >= 15 is 0 Å². The van der Waals surface area contributed by atoms with E-state index in [0.29, 0.717) is 0 Å². The molecule has 5 aromatic rings. The third-order valence-corrected chi connectivity index (χ3v) is 8.61. The second-order valence-corrected chi connectivity index (χ2v) is 11.2. The Hall–Kier alpha value is -5.74. The van der Waals surface area contributed by atoms with Gasteiger partial charge in [0.15, 0.2) is 0 Å². The monoisotopic (exact) mass is 595 g/mol. The highest BCUT2D eigenvalue weighted by Crippen LogP contribution is 2.43. The van der Waals surface area contributed by atoms with Crippen LogP contribution in [0, 0.1) is 0 Å². The summed E-state index contributed by atoms with van der Waals surface area (Å²) >= 11 is 0. The van der Waals surface area contributed by atoms with Gasteiger partial charge in [0.1, 0.15) is 23.0 Å². The molecule has 0 amide bonds. The number of hydrogen-bond acceptors (Lipinski definition) is 3. The molecule has 2 aliphatic rings. The van der Waals surface area contributed by atoms with Gasteiger partial charge >= 0.3 is 0 Å². The topological polar surface area (TPSA) is 21.7 Å². The lowest BCUT2D eigenvalue weighted by Gasteiger charge is -2.33. The van der Waals surface area contributed by atoms with Crippen LogP contribution in [0.25, 0.3) is 21.9 Å². The lowest BCUT2D eigenvalue weighted by molar-refractivity contribution is 0.434. The molecule has 0 saturated heterocycles. The van der Waals surface area contributed by atoms with Crippen molar-refractivity contribution in [3.05, 3.63) is 176 Å². The molecule has 46 heavy (non-hydrogen) atoms. The van der Waals surface area contributed by atoms with Crippen molar-refractivity contribution in [2.45, 2.75) is 13.8 Å². The molecule has 0 radical (unpaired) electrons. The Morgan fingerprint density at radius 3 is 2.22 bits per heavy atom. The summed E-state index contributed by atoms with van der Waals surface area (Å²) in [6.45, 7) is 12.1. The number of para-hydroxylation sites is 2. The minimum Gasteiger partial charge on any atom is -0.458 e. The molecule has 5 aromatic carbocycles. The fourth-order valence-corrected chi connectivity index (χ4v) is 6.66. The zero-order valence-corrected chi connectivity index (χ0v) is 26.1. The summed E-state index contributed by atoms with van der Waals surface area (Å²) in [5, 5.41) is 2.27. The van der Waals surface area contributed by atoms with E-state index < -0.39 is 0 Å². The van der Waals surface area contributed by atoms with Crippen LogP contribution in [-0.2, 0) is 0 Å². The summed E-state index contributed by atoms with van der Waals surface area (Å²) in [6, 6.07) is 36.0. The van der Waals surface area contributed by atoms with Gasteiger partial charge < -0.3 is 14.4 Å². The molecule has 2 heterocycles. The van der Waals surface area contributed by atoms with E-state index in [9.17, 15) is 0 Å². The Labute approximate surface area is 271 Å². The normalized spacial score (nSPS) is 13.8. The predicted octanol–water partition coefficient (Wildman–Crippen LogP) is 9.95. The van der Waals surface area contributed by atoms with Crippen LogP contribution in [0.5, 0.6) is 17.2 Å². The number of nitrogens with zero attached hydrogens (tertiary/aromatic N) is 1. The number of benzene rings is 5. The average molecular weight is 596 g/mol. The fraction of sp³-hybridized carbons (Fsp3) is 0.0476. The van der Waals surface area contributed by atoms with Gasteiger partial charge in [-0.25, -0.2) is 0 Å². The van der Waals surface area contributed by atoms with E-state index in [4.69, 9.17) is 9.47 Å². The van der Waals surface area contributed by atoms with Gasteiger partial charge in [0.05, 0.1) is 5.69 Å². The highest BCUT2D eigenvalue weighted by Gasteiger charge is 2.40. The second kappa shape index (κ2) is 12.3. The number of hydrogen-bond donors (Lipinski definition) is 0. The van der Waals surface area contributed by atoms with Gasteiger partial charge in [-0.1, -0.05) is 110 Å². The van der Waals surface area contributed by atoms with E-state index in [0.717, 1.165) is 78.4 Å². The highest BCUT2D eigenvalue weighted by atomic mass is 16.5. The van der Waals surface area contributed by atoms with Crippen LogP contribution in [0.3, 0.4) is 0 Å². The van der Waals surface area contributed by atoms with Crippen LogP contribution < -0.4 is 25.3 Å². The van der Waals surface area contributed by atoms with Gasteiger partial charge in [-0.3, -0.25) is 0 Å². The number of ether oxygens (including phenoxy) is 2. The molecule has 222 valence electrons. The zero-order chi connectivity index (χ0) is 31.6. The Morgan fingerprint density at radius 1 is 0.761 bits per heavy atom. The average Bonchev–Trinajstić information content (AvgIpc) is 3.10. The Morgan fingerprint density at radius 2 is 1.48 bits per heavy atom. The van der Waals surface area contributed by atoms with Gasteiger partial charge in [-0.15, -0.1) is 0 Å². The number of rotatable bonds is 8. The summed E-state index contributed by atoms with van der Waals surface area (Å²) in [5.41, 5.74) is 8.58. The molecule has 0 aromatic heterocycles. The molecule has 7 rings (SSSR count). The molecule has 2 aliphatic heterocycles. The van der Waals surface area contributed by atoms with Crippen molar-refractivity contribution < 1.29 is 9.47 Å². The molecule has 3 nitrogen and oxygen atoms in total. The van der Waals surface area contributed by atoms with E-state index in [1.807, 2.05) is 37.3 Å². The van der Waals surface area contributed by atoms with Gasteiger partial charge in [0, 0.05) is 22.2 Å². The highest BCUT2D eigenvalue weighted by molar-refractivity contribution is 6.93. The maximum Gasteiger partial charge on any atom is 0.260 e. The van der Waals surface area contributed by atoms with Crippen molar-refractivity contribution in [1.29, 1.82) is 0 Å². The van der Waals surface area contributed by atoms with Crippen molar-refractivity contribution in [3.63, 3.8) is 0 Å². The van der Waals surface area contributed by atoms with Crippen LogP contribution in [0.2, 0.25) is 0 Å².